The number of hydrogen-bond acceptors (Lipinski definition) is 6. The summed E-state index contributed by atoms with van der Waals surface area (Å²) in [5.41, 5.74) is 4.19. The van der Waals surface area contributed by atoms with E-state index >= 15 is 0 Å². The maximum absolute atomic E-state index is 8.97. The van der Waals surface area contributed by atoms with Crippen LogP contribution in [0.5, 0.6) is 17.2 Å². The smallest absolute Gasteiger partial charge is 0.213 e. The predicted octanol–water partition coefficient (Wildman–Crippen LogP) is 5.07. The monoisotopic (exact) mass is 494 g/mol. The highest BCUT2D eigenvalue weighted by atomic mass is 79.9. The molecule has 0 radical (unpaired) electrons. The maximum atomic E-state index is 8.97. The van der Waals surface area contributed by atoms with E-state index in [1.165, 1.54) is 0 Å². The fraction of sp³-hybridized carbons (Fsp3) is 0.240. The van der Waals surface area contributed by atoms with Gasteiger partial charge in [0.25, 0.3) is 0 Å². The van der Waals surface area contributed by atoms with E-state index in [4.69, 9.17) is 24.4 Å². The molecule has 3 aromatic carbocycles. The van der Waals surface area contributed by atoms with E-state index in [0.29, 0.717) is 5.75 Å². The largest absolute Gasteiger partial charge is 0.497 e. The molecule has 2 aliphatic rings. The standard InChI is InChI=1S/C25H23BrN2O4/c1-30-19-7-2-16(3-8-19)22-15-23-21-14-18(26)6-11-24(21)32-25(28(23)27-22)17-4-9-20(10-5-17)31-13-12-29/h2-11,14,23,25,29H,12-13,15H2,1H3/t23-,25+/m0/s1. The Balaban J connectivity index is 1.50. The van der Waals surface area contributed by atoms with Crippen LogP contribution in [0.25, 0.3) is 0 Å². The average molecular weight is 495 g/mol. The summed E-state index contributed by atoms with van der Waals surface area (Å²) in [6.07, 6.45) is 0.434. The summed E-state index contributed by atoms with van der Waals surface area (Å²) in [6.45, 7) is 0.253. The van der Waals surface area contributed by atoms with Gasteiger partial charge in [-0.2, -0.15) is 5.10 Å². The fourth-order valence-corrected chi connectivity index (χ4v) is 4.51. The summed E-state index contributed by atoms with van der Waals surface area (Å²) in [5, 5.41) is 16.0. The Kier molecular flexibility index (Phi) is 5.76. The molecule has 2 atom stereocenters. The van der Waals surface area contributed by atoms with E-state index in [2.05, 4.69) is 27.0 Å². The van der Waals surface area contributed by atoms with Crippen molar-refractivity contribution in [1.29, 1.82) is 0 Å². The lowest BCUT2D eigenvalue weighted by atomic mass is 9.96. The molecule has 0 bridgehead atoms. The second kappa shape index (κ2) is 8.84. The Hall–Kier alpha value is -3.03. The van der Waals surface area contributed by atoms with Crippen LogP contribution >= 0.6 is 15.9 Å². The number of aliphatic hydroxyl groups is 1. The zero-order chi connectivity index (χ0) is 22.1. The third-order valence-corrected chi connectivity index (χ3v) is 6.19. The molecule has 0 unspecified atom stereocenters. The van der Waals surface area contributed by atoms with Crippen molar-refractivity contribution < 1.29 is 19.3 Å². The van der Waals surface area contributed by atoms with Crippen molar-refractivity contribution in [1.82, 2.24) is 5.01 Å². The lowest BCUT2D eigenvalue weighted by molar-refractivity contribution is -0.0191. The molecular formula is C25H23BrN2O4. The molecule has 0 spiro atoms. The van der Waals surface area contributed by atoms with E-state index in [1.807, 2.05) is 60.7 Å². The van der Waals surface area contributed by atoms with Crippen molar-refractivity contribution in [2.45, 2.75) is 18.7 Å². The molecule has 0 amide bonds. The van der Waals surface area contributed by atoms with Gasteiger partial charge in [-0.3, -0.25) is 0 Å². The van der Waals surface area contributed by atoms with Gasteiger partial charge in [0.05, 0.1) is 25.5 Å². The van der Waals surface area contributed by atoms with Gasteiger partial charge in [0.15, 0.2) is 0 Å². The summed E-state index contributed by atoms with van der Waals surface area (Å²) in [7, 11) is 1.67. The molecule has 0 aromatic heterocycles. The van der Waals surface area contributed by atoms with Crippen molar-refractivity contribution in [2.75, 3.05) is 20.3 Å². The molecule has 6 nitrogen and oxygen atoms in total. The number of benzene rings is 3. The zero-order valence-electron chi connectivity index (χ0n) is 17.6. The minimum absolute atomic E-state index is 0.0157. The molecule has 1 N–H and O–H groups in total. The summed E-state index contributed by atoms with van der Waals surface area (Å²) >= 11 is 3.59. The minimum atomic E-state index is -0.351. The van der Waals surface area contributed by atoms with Crippen LogP contribution in [0, 0.1) is 0 Å². The molecule has 0 saturated carbocycles. The highest BCUT2D eigenvalue weighted by molar-refractivity contribution is 9.10. The van der Waals surface area contributed by atoms with Gasteiger partial charge < -0.3 is 19.3 Å². The van der Waals surface area contributed by atoms with Crippen LogP contribution in [0.15, 0.2) is 76.3 Å². The Morgan fingerprint density at radius 3 is 2.53 bits per heavy atom. The number of hydrogen-bond donors (Lipinski definition) is 1. The van der Waals surface area contributed by atoms with Gasteiger partial charge in [-0.25, -0.2) is 5.01 Å². The molecule has 0 aliphatic carbocycles. The number of rotatable bonds is 6. The quantitative estimate of drug-likeness (QED) is 0.518. The lowest BCUT2D eigenvalue weighted by Crippen LogP contribution is -2.33. The number of methoxy groups -OCH3 is 1. The van der Waals surface area contributed by atoms with Gasteiger partial charge >= 0.3 is 0 Å². The van der Waals surface area contributed by atoms with Crippen molar-refractivity contribution in [3.05, 3.63) is 87.9 Å². The first-order valence-corrected chi connectivity index (χ1v) is 11.3. The topological polar surface area (TPSA) is 63.5 Å². The molecule has 164 valence electrons. The van der Waals surface area contributed by atoms with Gasteiger partial charge in [-0.1, -0.05) is 15.9 Å². The molecule has 32 heavy (non-hydrogen) atoms. The SMILES string of the molecule is COc1ccc(C2=NN3[C@@H](c4ccc(OCCO)cc4)Oc4ccc(Br)cc4[C@@H]3C2)cc1. The van der Waals surface area contributed by atoms with Gasteiger partial charge in [0.2, 0.25) is 6.23 Å². The number of aliphatic hydroxyl groups excluding tert-OH is 1. The number of ether oxygens (including phenoxy) is 3. The first kappa shape index (κ1) is 20.8. The highest BCUT2D eigenvalue weighted by Gasteiger charge is 2.41. The Morgan fingerprint density at radius 1 is 1.06 bits per heavy atom. The zero-order valence-corrected chi connectivity index (χ0v) is 19.2. The van der Waals surface area contributed by atoms with Gasteiger partial charge in [0.1, 0.15) is 23.9 Å². The lowest BCUT2D eigenvalue weighted by Gasteiger charge is -2.38. The van der Waals surface area contributed by atoms with Crippen LogP contribution in [-0.2, 0) is 0 Å². The Labute approximate surface area is 195 Å². The van der Waals surface area contributed by atoms with Crippen LogP contribution in [0.2, 0.25) is 0 Å². The normalized spacial score (nSPS) is 19.0. The fourth-order valence-electron chi connectivity index (χ4n) is 4.13. The van der Waals surface area contributed by atoms with E-state index in [9.17, 15) is 0 Å². The predicted molar refractivity (Wildman–Crippen MR) is 125 cm³/mol. The van der Waals surface area contributed by atoms with E-state index in [0.717, 1.165) is 44.8 Å². The molecular weight excluding hydrogens is 472 g/mol. The molecule has 2 aliphatic heterocycles. The van der Waals surface area contributed by atoms with Gasteiger partial charge in [-0.05, 0) is 72.3 Å². The first-order valence-electron chi connectivity index (χ1n) is 10.5. The van der Waals surface area contributed by atoms with Crippen LogP contribution < -0.4 is 14.2 Å². The molecule has 3 aromatic rings. The Bertz CT molecular complexity index is 1130. The van der Waals surface area contributed by atoms with Crippen LogP contribution in [0.1, 0.15) is 35.4 Å². The van der Waals surface area contributed by atoms with Crippen molar-refractivity contribution in [3.8, 4) is 17.2 Å². The number of halogens is 1. The number of nitrogens with zero attached hydrogens (tertiary/aromatic N) is 2. The molecule has 0 fully saturated rings. The van der Waals surface area contributed by atoms with Gasteiger partial charge in [-0.15, -0.1) is 0 Å². The van der Waals surface area contributed by atoms with Crippen LogP contribution in [-0.4, -0.2) is 36.2 Å². The van der Waals surface area contributed by atoms with Crippen molar-refractivity contribution in [2.24, 2.45) is 5.10 Å². The van der Waals surface area contributed by atoms with E-state index in [-0.39, 0.29) is 25.5 Å². The second-order valence-electron chi connectivity index (χ2n) is 7.67. The summed E-state index contributed by atoms with van der Waals surface area (Å²) in [4.78, 5) is 0. The minimum Gasteiger partial charge on any atom is -0.497 e. The third kappa shape index (κ3) is 3.94. The van der Waals surface area contributed by atoms with Crippen molar-refractivity contribution in [3.63, 3.8) is 0 Å². The number of fused-ring (bicyclic) bond motifs is 3. The number of hydrazone groups is 1. The summed E-state index contributed by atoms with van der Waals surface area (Å²) in [5.74, 6) is 2.40. The molecule has 2 heterocycles. The van der Waals surface area contributed by atoms with Gasteiger partial charge in [0, 0.05) is 22.0 Å². The maximum Gasteiger partial charge on any atom is 0.213 e. The molecule has 5 rings (SSSR count). The van der Waals surface area contributed by atoms with Crippen LogP contribution in [0.3, 0.4) is 0 Å². The summed E-state index contributed by atoms with van der Waals surface area (Å²) < 4.78 is 18.2. The highest BCUT2D eigenvalue weighted by Crippen LogP contribution is 2.48. The first-order chi connectivity index (χ1) is 15.7. The second-order valence-corrected chi connectivity index (χ2v) is 8.58. The molecule has 7 heteroatoms. The summed E-state index contributed by atoms with van der Waals surface area (Å²) in [6, 6.07) is 21.9. The third-order valence-electron chi connectivity index (χ3n) is 5.70. The van der Waals surface area contributed by atoms with Crippen molar-refractivity contribution >= 4 is 21.6 Å². The molecule has 0 saturated heterocycles. The van der Waals surface area contributed by atoms with E-state index in [1.54, 1.807) is 7.11 Å². The van der Waals surface area contributed by atoms with E-state index < -0.39 is 0 Å². The Morgan fingerprint density at radius 2 is 1.81 bits per heavy atom. The average Bonchev–Trinajstić information content (AvgIpc) is 3.29. The van der Waals surface area contributed by atoms with Crippen LogP contribution in [0.4, 0.5) is 0 Å².